The van der Waals surface area contributed by atoms with E-state index in [0.717, 1.165) is 45.1 Å². The summed E-state index contributed by atoms with van der Waals surface area (Å²) in [6.45, 7) is 10.1. The van der Waals surface area contributed by atoms with E-state index in [0.29, 0.717) is 31.7 Å². The van der Waals surface area contributed by atoms with Crippen molar-refractivity contribution < 1.29 is 9.53 Å². The molecule has 0 bridgehead atoms. The normalized spacial score (nSPS) is 22.4. The van der Waals surface area contributed by atoms with Gasteiger partial charge >= 0.3 is 0 Å². The van der Waals surface area contributed by atoms with Crippen molar-refractivity contribution in [2.45, 2.75) is 32.2 Å². The maximum absolute atomic E-state index is 12.0. The fourth-order valence-electron chi connectivity index (χ4n) is 3.92. The number of nitrogens with zero attached hydrogens (tertiary/aromatic N) is 3. The second-order valence-corrected chi connectivity index (χ2v) is 7.85. The van der Waals surface area contributed by atoms with Crippen LogP contribution in [0.3, 0.4) is 0 Å². The number of aryl methyl sites for hydroxylation is 1. The van der Waals surface area contributed by atoms with Crippen LogP contribution in [0, 0.1) is 6.92 Å². The Morgan fingerprint density at radius 1 is 1.24 bits per heavy atom. The fraction of sp³-hybridized carbons (Fsp3) is 0.636. The fourth-order valence-corrected chi connectivity index (χ4v) is 3.92. The molecule has 0 radical (unpaired) electrons. The molecule has 2 unspecified atom stereocenters. The lowest BCUT2D eigenvalue weighted by Gasteiger charge is -2.36. The zero-order valence-corrected chi connectivity index (χ0v) is 18.0. The van der Waals surface area contributed by atoms with Gasteiger partial charge in [-0.25, -0.2) is 0 Å². The number of piperazine rings is 1. The first-order valence-corrected chi connectivity index (χ1v) is 10.7. The van der Waals surface area contributed by atoms with Gasteiger partial charge in [-0.15, -0.1) is 0 Å². The number of hydrogen-bond donors (Lipinski definition) is 2. The number of carbonyl (C=O) groups excluding carboxylic acids is 1. The van der Waals surface area contributed by atoms with E-state index in [1.165, 1.54) is 11.1 Å². The van der Waals surface area contributed by atoms with Crippen LogP contribution in [0.15, 0.2) is 29.3 Å². The number of carbonyl (C=O) groups is 1. The lowest BCUT2D eigenvalue weighted by molar-refractivity contribution is -0.122. The van der Waals surface area contributed by atoms with Gasteiger partial charge in [0.15, 0.2) is 5.96 Å². The molecule has 2 fully saturated rings. The molecule has 2 atom stereocenters. The van der Waals surface area contributed by atoms with Gasteiger partial charge in [-0.1, -0.05) is 24.3 Å². The third kappa shape index (κ3) is 6.18. The summed E-state index contributed by atoms with van der Waals surface area (Å²) in [7, 11) is 1.64. The minimum absolute atomic E-state index is 0.0649. The number of aliphatic imine (C=N–C) groups is 1. The molecule has 29 heavy (non-hydrogen) atoms. The molecule has 0 aromatic heterocycles. The van der Waals surface area contributed by atoms with E-state index in [4.69, 9.17) is 9.73 Å². The van der Waals surface area contributed by atoms with Gasteiger partial charge in [0, 0.05) is 58.3 Å². The van der Waals surface area contributed by atoms with Crippen LogP contribution in [-0.2, 0) is 9.53 Å². The van der Waals surface area contributed by atoms with Gasteiger partial charge in [-0.05, 0) is 31.4 Å². The van der Waals surface area contributed by atoms with E-state index in [-0.39, 0.29) is 5.91 Å². The van der Waals surface area contributed by atoms with Crippen LogP contribution in [0.5, 0.6) is 0 Å². The first kappa shape index (κ1) is 21.6. The first-order chi connectivity index (χ1) is 14.1. The van der Waals surface area contributed by atoms with Crippen LogP contribution in [-0.4, -0.2) is 87.2 Å². The highest BCUT2D eigenvalue weighted by molar-refractivity contribution is 5.81. The van der Waals surface area contributed by atoms with Crippen molar-refractivity contribution in [1.29, 1.82) is 0 Å². The van der Waals surface area contributed by atoms with Gasteiger partial charge in [0.05, 0.1) is 13.2 Å². The summed E-state index contributed by atoms with van der Waals surface area (Å²) in [5.41, 5.74) is 2.82. The Morgan fingerprint density at radius 2 is 2.00 bits per heavy atom. The molecule has 2 N–H and O–H groups in total. The zero-order chi connectivity index (χ0) is 20.6. The van der Waals surface area contributed by atoms with E-state index in [9.17, 15) is 4.79 Å². The summed E-state index contributed by atoms with van der Waals surface area (Å²) in [4.78, 5) is 21.3. The van der Waals surface area contributed by atoms with Gasteiger partial charge < -0.3 is 20.3 Å². The topological polar surface area (TPSA) is 69.2 Å². The first-order valence-electron chi connectivity index (χ1n) is 10.7. The molecule has 2 aliphatic rings. The van der Waals surface area contributed by atoms with Crippen molar-refractivity contribution in [2.24, 2.45) is 4.99 Å². The number of guanidine groups is 1. The van der Waals surface area contributed by atoms with Gasteiger partial charge in [-0.3, -0.25) is 14.7 Å². The van der Waals surface area contributed by atoms with E-state index in [1.54, 1.807) is 7.11 Å². The molecule has 1 saturated carbocycles. The summed E-state index contributed by atoms with van der Waals surface area (Å²) in [6.07, 6.45) is 1.16. The van der Waals surface area contributed by atoms with E-state index < -0.39 is 0 Å². The van der Waals surface area contributed by atoms with Crippen LogP contribution in [0.1, 0.15) is 30.4 Å². The predicted molar refractivity (Wildman–Crippen MR) is 116 cm³/mol. The van der Waals surface area contributed by atoms with E-state index in [2.05, 4.69) is 58.5 Å². The van der Waals surface area contributed by atoms with Crippen LogP contribution in [0.25, 0.3) is 0 Å². The van der Waals surface area contributed by atoms with Gasteiger partial charge in [0.2, 0.25) is 5.91 Å². The van der Waals surface area contributed by atoms with Crippen molar-refractivity contribution in [3.8, 4) is 0 Å². The van der Waals surface area contributed by atoms with Gasteiger partial charge in [0.25, 0.3) is 0 Å². The summed E-state index contributed by atoms with van der Waals surface area (Å²) in [5.74, 6) is 1.66. The Morgan fingerprint density at radius 3 is 2.69 bits per heavy atom. The molecule has 1 saturated heterocycles. The van der Waals surface area contributed by atoms with Crippen LogP contribution in [0.2, 0.25) is 0 Å². The van der Waals surface area contributed by atoms with Crippen LogP contribution in [0.4, 0.5) is 0 Å². The molecule has 3 rings (SSSR count). The Hall–Kier alpha value is -2.12. The molecule has 0 spiro atoms. The molecule has 7 heteroatoms. The molecule has 160 valence electrons. The highest BCUT2D eigenvalue weighted by Crippen LogP contribution is 2.42. The Labute approximate surface area is 174 Å². The minimum atomic E-state index is 0.0649. The third-order valence-electron chi connectivity index (χ3n) is 5.67. The number of hydrogen-bond acceptors (Lipinski definition) is 4. The summed E-state index contributed by atoms with van der Waals surface area (Å²) < 4.78 is 4.97. The maximum atomic E-state index is 12.0. The molecule has 1 aromatic rings. The van der Waals surface area contributed by atoms with E-state index >= 15 is 0 Å². The molecule has 1 aliphatic carbocycles. The van der Waals surface area contributed by atoms with Gasteiger partial charge in [-0.2, -0.15) is 0 Å². The zero-order valence-electron chi connectivity index (χ0n) is 18.0. The number of ether oxygens (including phenoxy) is 1. The standard InChI is InChI=1S/C22H35N5O2/c1-4-23-22(25-20-15-19(20)18-8-6-5-7-17(18)2)27-12-10-26(11-13-27)16-21(28)24-9-14-29-3/h5-8,19-20H,4,9-16H2,1-3H3,(H,23,25)(H,24,28). The van der Waals surface area contributed by atoms with Crippen molar-refractivity contribution in [3.63, 3.8) is 0 Å². The molecule has 1 aliphatic heterocycles. The summed E-state index contributed by atoms with van der Waals surface area (Å²) >= 11 is 0. The molecular formula is C22H35N5O2. The van der Waals surface area contributed by atoms with Crippen molar-refractivity contribution in [3.05, 3.63) is 35.4 Å². The average molecular weight is 402 g/mol. The number of benzene rings is 1. The highest BCUT2D eigenvalue weighted by atomic mass is 16.5. The summed E-state index contributed by atoms with van der Waals surface area (Å²) in [6, 6.07) is 9.13. The Bertz CT molecular complexity index is 700. The SMILES string of the molecule is CCN=C(NC1CC1c1ccccc1C)N1CCN(CC(=O)NCCOC)CC1. The molecule has 1 amide bonds. The lowest BCUT2D eigenvalue weighted by atomic mass is 10.0. The lowest BCUT2D eigenvalue weighted by Crippen LogP contribution is -2.54. The van der Waals surface area contributed by atoms with E-state index in [1.807, 2.05) is 0 Å². The predicted octanol–water partition coefficient (Wildman–Crippen LogP) is 1.20. The van der Waals surface area contributed by atoms with Crippen molar-refractivity contribution in [1.82, 2.24) is 20.4 Å². The molecule has 1 heterocycles. The number of amides is 1. The Balaban J connectivity index is 1.46. The average Bonchev–Trinajstić information content (AvgIpc) is 3.48. The van der Waals surface area contributed by atoms with Crippen molar-refractivity contribution in [2.75, 3.05) is 59.5 Å². The highest BCUT2D eigenvalue weighted by Gasteiger charge is 2.40. The quantitative estimate of drug-likeness (QED) is 0.389. The smallest absolute Gasteiger partial charge is 0.234 e. The second-order valence-electron chi connectivity index (χ2n) is 7.85. The summed E-state index contributed by atoms with van der Waals surface area (Å²) in [5, 5.41) is 6.58. The maximum Gasteiger partial charge on any atom is 0.234 e. The monoisotopic (exact) mass is 401 g/mol. The number of rotatable bonds is 8. The molecular weight excluding hydrogens is 366 g/mol. The second kappa shape index (κ2) is 10.6. The van der Waals surface area contributed by atoms with Crippen LogP contribution >= 0.6 is 0 Å². The Kier molecular flexibility index (Phi) is 7.89. The number of nitrogens with one attached hydrogen (secondary N) is 2. The minimum Gasteiger partial charge on any atom is -0.383 e. The third-order valence-corrected chi connectivity index (χ3v) is 5.67. The molecule has 7 nitrogen and oxygen atoms in total. The van der Waals surface area contributed by atoms with Crippen molar-refractivity contribution >= 4 is 11.9 Å². The molecule has 1 aromatic carbocycles. The number of methoxy groups -OCH3 is 1. The largest absolute Gasteiger partial charge is 0.383 e. The van der Waals surface area contributed by atoms with Crippen LogP contribution < -0.4 is 10.6 Å². The van der Waals surface area contributed by atoms with Gasteiger partial charge in [0.1, 0.15) is 0 Å².